The first kappa shape index (κ1) is 38.8. The first-order valence-corrected chi connectivity index (χ1v) is 19.2. The van der Waals surface area contributed by atoms with Gasteiger partial charge in [-0.2, -0.15) is 0 Å². The van der Waals surface area contributed by atoms with Gasteiger partial charge in [0.15, 0.2) is 0 Å². The highest BCUT2D eigenvalue weighted by Gasteiger charge is 2.02. The van der Waals surface area contributed by atoms with E-state index in [0.29, 0.717) is 11.4 Å². The van der Waals surface area contributed by atoms with Crippen molar-refractivity contribution in [2.45, 2.75) is 0 Å². The zero-order chi connectivity index (χ0) is 39.8. The molecule has 0 spiro atoms. The number of nitrogens with one attached hydrogen (secondary N) is 2. The maximum absolute atomic E-state index is 11.1. The van der Waals surface area contributed by atoms with Crippen molar-refractivity contribution in [3.63, 3.8) is 0 Å². The highest BCUT2D eigenvalue weighted by Crippen LogP contribution is 2.24. The molecule has 0 fully saturated rings. The summed E-state index contributed by atoms with van der Waals surface area (Å²) in [5.41, 5.74) is 18.1. The fourth-order valence-corrected chi connectivity index (χ4v) is 6.53. The molecule has 58 heavy (non-hydrogen) atoms. The van der Waals surface area contributed by atoms with Crippen LogP contribution >= 0.6 is 0 Å². The molecule has 4 heteroatoms. The maximum Gasteiger partial charge on any atom is 0.0641 e. The van der Waals surface area contributed by atoms with Crippen LogP contribution in [-0.2, 0) is 10.4 Å². The lowest BCUT2D eigenvalue weighted by atomic mass is 9.99. The third-order valence-corrected chi connectivity index (χ3v) is 9.69. The van der Waals surface area contributed by atoms with Gasteiger partial charge in [-0.1, -0.05) is 229 Å². The van der Waals surface area contributed by atoms with Crippen LogP contribution < -0.4 is 11.0 Å². The van der Waals surface area contributed by atoms with Crippen LogP contribution in [0.4, 0.5) is 11.4 Å². The lowest BCUT2D eigenvalue weighted by Gasteiger charge is -2.05. The number of benzene rings is 7. The van der Waals surface area contributed by atoms with Crippen LogP contribution in [0.25, 0.3) is 72.9 Å². The number of anilines is 2. The molecule has 4 nitrogen and oxygen atoms in total. The van der Waals surface area contributed by atoms with Crippen molar-refractivity contribution in [1.29, 1.82) is 0 Å². The predicted octanol–water partition coefficient (Wildman–Crippen LogP) is 14.2. The Balaban J connectivity index is 1.07. The highest BCUT2D eigenvalue weighted by atomic mass is 16.5. The molecule has 0 amide bonds. The van der Waals surface area contributed by atoms with Crippen LogP contribution in [0, 0.1) is 0 Å². The smallest absolute Gasteiger partial charge is 0.0641 e. The molecule has 7 aromatic carbocycles. The Labute approximate surface area is 341 Å². The summed E-state index contributed by atoms with van der Waals surface area (Å²) in [6, 6.07) is 56.6. The molecular formula is C54H42N2O2. The number of rotatable bonds is 14. The van der Waals surface area contributed by atoms with E-state index in [4.69, 9.17) is 0 Å². The second-order valence-electron chi connectivity index (χ2n) is 13.6. The van der Waals surface area contributed by atoms with E-state index < -0.39 is 0 Å². The monoisotopic (exact) mass is 750 g/mol. The summed E-state index contributed by atoms with van der Waals surface area (Å²) in [5.74, 6) is 0. The van der Waals surface area contributed by atoms with Gasteiger partial charge in [-0.15, -0.1) is 0 Å². The van der Waals surface area contributed by atoms with Gasteiger partial charge in [0.2, 0.25) is 0 Å². The molecule has 7 aromatic rings. The van der Waals surface area contributed by atoms with Gasteiger partial charge in [-0.05, 0) is 91.0 Å². The SMILES string of the molecule is [O]Nc1ccc(/C=C\c2ccccc2/C=C/c2ccccc2/C=C/c2ccccc2/C=C\c2ccccc2/C=C/c2ccccc2/C=C/c2cccc(N[O])c2)cc1. The summed E-state index contributed by atoms with van der Waals surface area (Å²) in [6.07, 6.45) is 25.6. The molecule has 0 atom stereocenters. The molecule has 7 rings (SSSR count). The van der Waals surface area contributed by atoms with Crippen LogP contribution in [0.1, 0.15) is 66.8 Å². The normalized spacial score (nSPS) is 11.9. The van der Waals surface area contributed by atoms with Crippen LogP contribution in [0.2, 0.25) is 0 Å². The topological polar surface area (TPSA) is 63.9 Å². The van der Waals surface area contributed by atoms with Crippen molar-refractivity contribution in [2.75, 3.05) is 11.0 Å². The Morgan fingerprint density at radius 3 is 0.810 bits per heavy atom. The Morgan fingerprint density at radius 2 is 0.517 bits per heavy atom. The van der Waals surface area contributed by atoms with Gasteiger partial charge in [0, 0.05) is 0 Å². The number of hydrogen-bond donors (Lipinski definition) is 2. The van der Waals surface area contributed by atoms with Crippen molar-refractivity contribution < 1.29 is 10.4 Å². The second kappa shape index (κ2) is 19.9. The molecule has 0 aromatic heterocycles. The molecule has 0 bridgehead atoms. The van der Waals surface area contributed by atoms with E-state index in [9.17, 15) is 10.4 Å². The largest absolute Gasteiger partial charge is 0.233 e. The van der Waals surface area contributed by atoms with Crippen LogP contribution in [0.5, 0.6) is 0 Å². The van der Waals surface area contributed by atoms with Gasteiger partial charge in [0.1, 0.15) is 0 Å². The molecule has 0 heterocycles. The summed E-state index contributed by atoms with van der Waals surface area (Å²) in [6.45, 7) is 0. The van der Waals surface area contributed by atoms with Gasteiger partial charge in [-0.25, -0.2) is 11.0 Å². The quantitative estimate of drug-likeness (QED) is 0.0859. The molecule has 0 saturated carbocycles. The molecule has 2 radical (unpaired) electrons. The first-order valence-electron chi connectivity index (χ1n) is 19.2. The van der Waals surface area contributed by atoms with E-state index in [1.54, 1.807) is 18.2 Å². The van der Waals surface area contributed by atoms with Crippen molar-refractivity contribution in [3.8, 4) is 0 Å². The van der Waals surface area contributed by atoms with Crippen LogP contribution in [0.15, 0.2) is 170 Å². The average molecular weight is 751 g/mol. The second-order valence-corrected chi connectivity index (χ2v) is 13.6. The van der Waals surface area contributed by atoms with Crippen molar-refractivity contribution in [1.82, 2.24) is 0 Å². The van der Waals surface area contributed by atoms with E-state index in [0.717, 1.165) is 66.8 Å². The zero-order valence-electron chi connectivity index (χ0n) is 31.9. The Hall–Kier alpha value is -7.50. The summed E-state index contributed by atoms with van der Waals surface area (Å²) < 4.78 is 0. The number of hydrogen-bond acceptors (Lipinski definition) is 2. The minimum atomic E-state index is 0.538. The summed E-state index contributed by atoms with van der Waals surface area (Å²) in [7, 11) is 0. The molecule has 280 valence electrons. The zero-order valence-corrected chi connectivity index (χ0v) is 31.9. The lowest BCUT2D eigenvalue weighted by molar-refractivity contribution is 0.274. The van der Waals surface area contributed by atoms with Gasteiger partial charge >= 0.3 is 0 Å². The van der Waals surface area contributed by atoms with Crippen LogP contribution in [-0.4, -0.2) is 0 Å². The van der Waals surface area contributed by atoms with Gasteiger partial charge in [-0.3, -0.25) is 0 Å². The fourth-order valence-electron chi connectivity index (χ4n) is 6.53. The van der Waals surface area contributed by atoms with E-state index in [1.165, 1.54) is 0 Å². The third kappa shape index (κ3) is 10.6. The molecule has 0 aliphatic carbocycles. The fraction of sp³-hybridized carbons (Fsp3) is 0. The standard InChI is InChI=1S/C54H42N2O2/c57-55-53-38-26-41(27-39-53)24-28-43-13-1-3-15-45(43)30-32-47-17-5-7-19-49(47)34-36-51-21-9-10-22-52(51)37-35-50-20-8-6-18-48(50)33-31-46-16-4-2-14-44(46)29-25-42-12-11-23-54(40-42)56-58/h1-40,55-56H/b28-24-,29-25+,32-30+,33-31+,36-34+,37-35-. The van der Waals surface area contributed by atoms with Gasteiger partial charge < -0.3 is 0 Å². The molecule has 0 aliphatic rings. The van der Waals surface area contributed by atoms with E-state index >= 15 is 0 Å². The van der Waals surface area contributed by atoms with Crippen molar-refractivity contribution in [3.05, 3.63) is 237 Å². The Morgan fingerprint density at radius 1 is 0.241 bits per heavy atom. The molecular weight excluding hydrogens is 709 g/mol. The summed E-state index contributed by atoms with van der Waals surface area (Å²) in [4.78, 5) is 0. The highest BCUT2D eigenvalue weighted by molar-refractivity contribution is 5.87. The lowest BCUT2D eigenvalue weighted by Crippen LogP contribution is -1.86. The van der Waals surface area contributed by atoms with Gasteiger partial charge in [0.25, 0.3) is 0 Å². The van der Waals surface area contributed by atoms with E-state index in [1.807, 2.05) is 71.6 Å². The first-order chi connectivity index (χ1) is 28.6. The average Bonchev–Trinajstić information content (AvgIpc) is 3.29. The third-order valence-electron chi connectivity index (χ3n) is 9.69. The minimum Gasteiger partial charge on any atom is -0.233 e. The molecule has 0 saturated heterocycles. The Bertz CT molecular complexity index is 2640. The van der Waals surface area contributed by atoms with Crippen LogP contribution in [0.3, 0.4) is 0 Å². The summed E-state index contributed by atoms with van der Waals surface area (Å²) in [5, 5.41) is 22.0. The van der Waals surface area contributed by atoms with Crippen molar-refractivity contribution in [2.24, 2.45) is 0 Å². The maximum atomic E-state index is 11.1. The molecule has 0 aliphatic heterocycles. The van der Waals surface area contributed by atoms with Gasteiger partial charge in [0.05, 0.1) is 11.4 Å². The Kier molecular flexibility index (Phi) is 13.3. The van der Waals surface area contributed by atoms with E-state index in [2.05, 4.69) is 164 Å². The van der Waals surface area contributed by atoms with Crippen molar-refractivity contribution >= 4 is 84.3 Å². The molecule has 0 unspecified atom stereocenters. The molecule has 2 N–H and O–H groups in total. The van der Waals surface area contributed by atoms with E-state index in [-0.39, 0.29) is 0 Å². The predicted molar refractivity (Wildman–Crippen MR) is 247 cm³/mol. The summed E-state index contributed by atoms with van der Waals surface area (Å²) >= 11 is 0. The minimum absolute atomic E-state index is 0.538.